The zero-order valence-corrected chi connectivity index (χ0v) is 35.1. The lowest BCUT2D eigenvalue weighted by molar-refractivity contribution is 1.18. The van der Waals surface area contributed by atoms with Crippen LogP contribution in [0.3, 0.4) is 0 Å². The van der Waals surface area contributed by atoms with Crippen LogP contribution in [-0.4, -0.2) is 9.97 Å². The third-order valence-corrected chi connectivity index (χ3v) is 13.5. The molecule has 0 aliphatic heterocycles. The van der Waals surface area contributed by atoms with Gasteiger partial charge in [0.05, 0.1) is 11.4 Å². The zero-order chi connectivity index (χ0) is 41.7. The monoisotopic (exact) mass is 818 g/mol. The summed E-state index contributed by atoms with van der Waals surface area (Å²) in [6.07, 6.45) is 0. The molecular formula is C60H38N2S. The van der Waals surface area contributed by atoms with Gasteiger partial charge in [-0.2, -0.15) is 0 Å². The van der Waals surface area contributed by atoms with E-state index in [1.807, 2.05) is 29.5 Å². The Balaban J connectivity index is 0.927. The topological polar surface area (TPSA) is 25.8 Å². The van der Waals surface area contributed by atoms with Crippen LogP contribution in [0, 0.1) is 0 Å². The molecule has 0 fully saturated rings. The lowest BCUT2D eigenvalue weighted by Gasteiger charge is -2.19. The third-order valence-electron chi connectivity index (χ3n) is 12.3. The molecule has 2 heterocycles. The summed E-state index contributed by atoms with van der Waals surface area (Å²) < 4.78 is 1.29. The molecule has 0 unspecified atom stereocenters. The summed E-state index contributed by atoms with van der Waals surface area (Å²) in [5.41, 5.74) is 13.3. The van der Waals surface area contributed by atoms with Gasteiger partial charge in [-0.15, -0.1) is 11.3 Å². The van der Waals surface area contributed by atoms with E-state index in [0.29, 0.717) is 5.82 Å². The quantitative estimate of drug-likeness (QED) is 0.118. The Hall–Kier alpha value is -7.98. The summed E-state index contributed by atoms with van der Waals surface area (Å²) in [5, 5.41) is 8.83. The van der Waals surface area contributed by atoms with Crippen LogP contribution in [0.5, 0.6) is 0 Å². The van der Waals surface area contributed by atoms with Crippen LogP contribution >= 0.6 is 11.3 Å². The van der Waals surface area contributed by atoms with E-state index in [1.165, 1.54) is 75.1 Å². The van der Waals surface area contributed by atoms with Crippen molar-refractivity contribution in [2.24, 2.45) is 0 Å². The molecule has 0 aliphatic rings. The first-order valence-electron chi connectivity index (χ1n) is 21.4. The molecule has 12 aromatic rings. The van der Waals surface area contributed by atoms with Gasteiger partial charge in [-0.1, -0.05) is 206 Å². The summed E-state index contributed by atoms with van der Waals surface area (Å²) in [6, 6.07) is 83.0. The highest BCUT2D eigenvalue weighted by Gasteiger charge is 2.19. The second kappa shape index (κ2) is 15.5. The Morgan fingerprint density at radius 2 is 0.810 bits per heavy atom. The van der Waals surface area contributed by atoms with Gasteiger partial charge in [0, 0.05) is 26.3 Å². The van der Waals surface area contributed by atoms with Gasteiger partial charge in [0.25, 0.3) is 0 Å². The molecule has 0 atom stereocenters. The number of fused-ring (bicyclic) bond motifs is 5. The Morgan fingerprint density at radius 3 is 1.52 bits per heavy atom. The van der Waals surface area contributed by atoms with Crippen molar-refractivity contribution in [3.63, 3.8) is 0 Å². The number of thiophene rings is 1. The summed E-state index contributed by atoms with van der Waals surface area (Å²) in [4.78, 5) is 11.5. The van der Waals surface area contributed by atoms with Gasteiger partial charge < -0.3 is 0 Å². The third kappa shape index (κ3) is 6.67. The van der Waals surface area contributed by atoms with Gasteiger partial charge in [0.1, 0.15) is 0 Å². The predicted octanol–water partition coefficient (Wildman–Crippen LogP) is 16.8. The molecule has 10 aromatic carbocycles. The molecule has 0 N–H and O–H groups in total. The van der Waals surface area contributed by atoms with E-state index in [4.69, 9.17) is 9.97 Å². The standard InChI is InChI=1S/C60H38N2S/c1-3-15-43(16-4-1)57-50-23-10-11-24-51(50)58(59-49-22-9-7-14-41(49)34-35-52(57)59)44-32-28-40(29-33-44)39-26-30-42(31-27-39)53-38-54(62-60(61-53)45-17-5-2-6-18-45)46-20-13-21-47(36-46)56-37-48-19-8-12-25-55(48)63-56/h1-38H. The molecule has 0 saturated heterocycles. The van der Waals surface area contributed by atoms with Crippen molar-refractivity contribution in [1.29, 1.82) is 0 Å². The van der Waals surface area contributed by atoms with Crippen molar-refractivity contribution in [3.05, 3.63) is 231 Å². The maximum atomic E-state index is 5.14. The fraction of sp³-hybridized carbons (Fsp3) is 0. The minimum atomic E-state index is 0.708. The number of hydrogen-bond donors (Lipinski definition) is 0. The highest BCUT2D eigenvalue weighted by Crippen LogP contribution is 2.46. The summed E-state index contributed by atoms with van der Waals surface area (Å²) in [5.74, 6) is 0.708. The van der Waals surface area contributed by atoms with E-state index < -0.39 is 0 Å². The molecule has 0 radical (unpaired) electrons. The molecule has 2 aromatic heterocycles. The smallest absolute Gasteiger partial charge is 0.160 e. The highest BCUT2D eigenvalue weighted by atomic mass is 32.1. The normalized spacial score (nSPS) is 11.5. The van der Waals surface area contributed by atoms with Crippen molar-refractivity contribution < 1.29 is 0 Å². The van der Waals surface area contributed by atoms with E-state index in [9.17, 15) is 0 Å². The number of aromatic nitrogens is 2. The summed E-state index contributed by atoms with van der Waals surface area (Å²) >= 11 is 1.82. The van der Waals surface area contributed by atoms with Crippen molar-refractivity contribution in [3.8, 4) is 77.7 Å². The number of hydrogen-bond acceptors (Lipinski definition) is 3. The number of nitrogens with zero attached hydrogens (tertiary/aromatic N) is 2. The van der Waals surface area contributed by atoms with E-state index in [-0.39, 0.29) is 0 Å². The van der Waals surface area contributed by atoms with E-state index in [2.05, 4.69) is 212 Å². The van der Waals surface area contributed by atoms with E-state index in [0.717, 1.165) is 39.2 Å². The minimum Gasteiger partial charge on any atom is -0.228 e. The number of benzene rings is 10. The summed E-state index contributed by atoms with van der Waals surface area (Å²) in [7, 11) is 0. The molecule has 294 valence electrons. The van der Waals surface area contributed by atoms with Crippen molar-refractivity contribution in [1.82, 2.24) is 9.97 Å². The van der Waals surface area contributed by atoms with Crippen LogP contribution in [0.2, 0.25) is 0 Å². The molecule has 0 amide bonds. The maximum Gasteiger partial charge on any atom is 0.160 e. The van der Waals surface area contributed by atoms with Crippen LogP contribution in [-0.2, 0) is 0 Å². The number of rotatable bonds is 7. The van der Waals surface area contributed by atoms with Crippen molar-refractivity contribution in [2.45, 2.75) is 0 Å². The Morgan fingerprint density at radius 1 is 0.286 bits per heavy atom. The molecule has 3 heteroatoms. The van der Waals surface area contributed by atoms with E-state index >= 15 is 0 Å². The SMILES string of the molecule is c1ccc(-c2nc(-c3ccc(-c4ccc(-c5c6ccccc6c(-c6ccccc6)c6ccc7ccccc7c56)cc4)cc3)cc(-c3cccc(-c4cc5ccccc5s4)c3)n2)cc1. The average Bonchev–Trinajstić information content (AvgIpc) is 3.81. The summed E-state index contributed by atoms with van der Waals surface area (Å²) in [6.45, 7) is 0. The second-order valence-electron chi connectivity index (χ2n) is 16.1. The van der Waals surface area contributed by atoms with Gasteiger partial charge in [-0.3, -0.25) is 0 Å². The Kier molecular flexibility index (Phi) is 9.06. The van der Waals surface area contributed by atoms with E-state index in [1.54, 1.807) is 0 Å². The molecule has 0 bridgehead atoms. The van der Waals surface area contributed by atoms with Gasteiger partial charge in [-0.05, 0) is 101 Å². The molecular weight excluding hydrogens is 781 g/mol. The lowest BCUT2D eigenvalue weighted by Crippen LogP contribution is -1.96. The molecule has 63 heavy (non-hydrogen) atoms. The van der Waals surface area contributed by atoms with Gasteiger partial charge in [0.2, 0.25) is 0 Å². The largest absolute Gasteiger partial charge is 0.228 e. The van der Waals surface area contributed by atoms with Crippen LogP contribution in [0.25, 0.3) is 120 Å². The van der Waals surface area contributed by atoms with Gasteiger partial charge >= 0.3 is 0 Å². The van der Waals surface area contributed by atoms with Crippen molar-refractivity contribution >= 4 is 53.7 Å². The average molecular weight is 819 g/mol. The van der Waals surface area contributed by atoms with Crippen molar-refractivity contribution in [2.75, 3.05) is 0 Å². The molecule has 0 spiro atoms. The maximum absolute atomic E-state index is 5.14. The van der Waals surface area contributed by atoms with Crippen LogP contribution in [0.1, 0.15) is 0 Å². The first-order chi connectivity index (χ1) is 31.2. The molecule has 0 aliphatic carbocycles. The van der Waals surface area contributed by atoms with Crippen LogP contribution in [0.15, 0.2) is 231 Å². The Labute approximate surface area is 370 Å². The first kappa shape index (κ1) is 36.8. The molecule has 0 saturated carbocycles. The highest BCUT2D eigenvalue weighted by molar-refractivity contribution is 7.22. The molecule has 2 nitrogen and oxygen atoms in total. The van der Waals surface area contributed by atoms with Crippen LogP contribution in [0.4, 0.5) is 0 Å². The fourth-order valence-corrected chi connectivity index (χ4v) is 10.3. The lowest BCUT2D eigenvalue weighted by atomic mass is 9.84. The molecule has 12 rings (SSSR count). The zero-order valence-electron chi connectivity index (χ0n) is 34.2. The first-order valence-corrected chi connectivity index (χ1v) is 22.2. The Bertz CT molecular complexity index is 3610. The predicted molar refractivity (Wildman–Crippen MR) is 268 cm³/mol. The van der Waals surface area contributed by atoms with Crippen LogP contribution < -0.4 is 0 Å². The second-order valence-corrected chi connectivity index (χ2v) is 17.2. The fourth-order valence-electron chi connectivity index (χ4n) is 9.24. The van der Waals surface area contributed by atoms with Gasteiger partial charge in [-0.25, -0.2) is 9.97 Å². The minimum absolute atomic E-state index is 0.708. The van der Waals surface area contributed by atoms with Gasteiger partial charge in [0.15, 0.2) is 5.82 Å².